The molecule has 5 heteroatoms. The lowest BCUT2D eigenvalue weighted by Crippen LogP contribution is -2.42. The van der Waals surface area contributed by atoms with E-state index in [1.54, 1.807) is 0 Å². The molecule has 0 aromatic rings. The number of carbonyl (C=O) groups is 2. The highest BCUT2D eigenvalue weighted by molar-refractivity contribution is 6.11. The summed E-state index contributed by atoms with van der Waals surface area (Å²) in [6.45, 7) is 1.50. The average Bonchev–Trinajstić information content (AvgIpc) is 1.97. The van der Waals surface area contributed by atoms with E-state index >= 15 is 0 Å². The lowest BCUT2D eigenvalue weighted by molar-refractivity contribution is -0.191. The molecule has 0 bridgehead atoms. The smallest absolute Gasteiger partial charge is 0.347 e. The topological polar surface area (TPSA) is 52.6 Å². The van der Waals surface area contributed by atoms with Crippen LogP contribution < -0.4 is 0 Å². The molecular formula is C6H10O4Si. The van der Waals surface area contributed by atoms with Crippen LogP contribution in [0.2, 0.25) is 6.04 Å². The molecule has 0 saturated carbocycles. The van der Waals surface area contributed by atoms with Gasteiger partial charge >= 0.3 is 11.9 Å². The van der Waals surface area contributed by atoms with Crippen molar-refractivity contribution < 1.29 is 19.1 Å². The van der Waals surface area contributed by atoms with Gasteiger partial charge in [0.05, 0.1) is 0 Å². The van der Waals surface area contributed by atoms with Gasteiger partial charge in [-0.25, -0.2) is 9.59 Å². The van der Waals surface area contributed by atoms with Crippen LogP contribution in [0.25, 0.3) is 0 Å². The summed E-state index contributed by atoms with van der Waals surface area (Å²) in [7, 11) is 0.825. The van der Waals surface area contributed by atoms with Crippen LogP contribution in [-0.2, 0) is 19.1 Å². The minimum atomic E-state index is -0.730. The van der Waals surface area contributed by atoms with Crippen molar-refractivity contribution in [2.75, 3.05) is 0 Å². The molecule has 1 heterocycles. The van der Waals surface area contributed by atoms with Crippen LogP contribution in [0.3, 0.4) is 0 Å². The monoisotopic (exact) mass is 174 g/mol. The Labute approximate surface area is 67.3 Å². The van der Waals surface area contributed by atoms with Crippen LogP contribution in [0.5, 0.6) is 0 Å². The van der Waals surface area contributed by atoms with Crippen LogP contribution in [0, 0.1) is 0 Å². The minimum absolute atomic E-state index is 0.410. The third kappa shape index (κ3) is 1.59. The van der Waals surface area contributed by atoms with Gasteiger partial charge in [-0.1, -0.05) is 0 Å². The number of carbonyl (C=O) groups excluding carboxylic acids is 2. The third-order valence-electron chi connectivity index (χ3n) is 1.52. The second kappa shape index (κ2) is 3.04. The molecule has 1 aliphatic rings. The first kappa shape index (κ1) is 8.26. The third-order valence-corrected chi connectivity index (χ3v) is 2.26. The summed E-state index contributed by atoms with van der Waals surface area (Å²) in [6, 6.07) is 0.608. The molecule has 0 radical (unpaired) electrons. The van der Waals surface area contributed by atoms with Gasteiger partial charge in [-0.05, 0) is 13.0 Å². The number of cyclic esters (lactones) is 2. The molecular weight excluding hydrogens is 164 g/mol. The lowest BCUT2D eigenvalue weighted by Gasteiger charge is -2.24. The van der Waals surface area contributed by atoms with E-state index in [-0.39, 0.29) is 0 Å². The zero-order valence-electron chi connectivity index (χ0n) is 6.49. The maximum Gasteiger partial charge on any atom is 0.347 e. The summed E-state index contributed by atoms with van der Waals surface area (Å²) in [6.07, 6.45) is -1.36. The molecule has 11 heavy (non-hydrogen) atoms. The van der Waals surface area contributed by atoms with Gasteiger partial charge in [0, 0.05) is 10.2 Å². The maximum atomic E-state index is 10.9. The minimum Gasteiger partial charge on any atom is -0.448 e. The predicted molar refractivity (Wildman–Crippen MR) is 40.2 cm³/mol. The van der Waals surface area contributed by atoms with Crippen LogP contribution >= 0.6 is 0 Å². The van der Waals surface area contributed by atoms with Crippen molar-refractivity contribution in [1.82, 2.24) is 0 Å². The van der Waals surface area contributed by atoms with Gasteiger partial charge in [0.2, 0.25) is 0 Å². The largest absolute Gasteiger partial charge is 0.448 e. The van der Waals surface area contributed by atoms with Crippen molar-refractivity contribution >= 4 is 22.2 Å². The van der Waals surface area contributed by atoms with E-state index in [0.29, 0.717) is 6.04 Å². The Morgan fingerprint density at radius 1 is 1.36 bits per heavy atom. The number of ether oxygens (including phenoxy) is 2. The second-order valence-electron chi connectivity index (χ2n) is 2.41. The molecule has 0 aliphatic carbocycles. The molecule has 1 aliphatic heterocycles. The Hall–Kier alpha value is -0.843. The van der Waals surface area contributed by atoms with E-state index < -0.39 is 24.1 Å². The molecule has 62 valence electrons. The fraction of sp³-hybridized carbons (Fsp3) is 0.667. The Morgan fingerprint density at radius 2 is 2.00 bits per heavy atom. The van der Waals surface area contributed by atoms with Crippen molar-refractivity contribution in [1.29, 1.82) is 0 Å². The molecule has 0 aromatic carbocycles. The Balaban J connectivity index is 2.62. The Morgan fingerprint density at radius 3 is 2.55 bits per heavy atom. The lowest BCUT2D eigenvalue weighted by atomic mass is 10.3. The Bertz CT molecular complexity index is 191. The second-order valence-corrected chi connectivity index (χ2v) is 3.23. The first-order valence-corrected chi connectivity index (χ1v) is 4.97. The van der Waals surface area contributed by atoms with Crippen molar-refractivity contribution in [3.63, 3.8) is 0 Å². The number of rotatable bonds is 1. The molecule has 4 nitrogen and oxygen atoms in total. The normalized spacial score (nSPS) is 31.4. The first-order valence-electron chi connectivity index (χ1n) is 3.56. The molecule has 0 spiro atoms. The molecule has 1 rings (SSSR count). The van der Waals surface area contributed by atoms with Gasteiger partial charge in [0.15, 0.2) is 12.2 Å². The van der Waals surface area contributed by atoms with Gasteiger partial charge in [-0.3, -0.25) is 0 Å². The zero-order valence-corrected chi connectivity index (χ0v) is 8.49. The fourth-order valence-electron chi connectivity index (χ4n) is 0.832. The standard InChI is InChI=1S/C6H10O4Si/c1-3-5(7)10-4(2-11)6(8)9-3/h3-4H,2H2,1,11H3. The van der Waals surface area contributed by atoms with E-state index in [1.807, 2.05) is 0 Å². The molecule has 1 saturated heterocycles. The number of esters is 2. The van der Waals surface area contributed by atoms with Gasteiger partial charge in [0.25, 0.3) is 0 Å². The molecule has 0 aromatic heterocycles. The van der Waals surface area contributed by atoms with E-state index in [0.717, 1.165) is 10.2 Å². The van der Waals surface area contributed by atoms with Crippen LogP contribution in [0.4, 0.5) is 0 Å². The molecule has 0 amide bonds. The summed E-state index contributed by atoms with van der Waals surface area (Å²) in [5.74, 6) is -0.849. The zero-order chi connectivity index (χ0) is 8.43. The van der Waals surface area contributed by atoms with Crippen molar-refractivity contribution in [2.24, 2.45) is 0 Å². The first-order chi connectivity index (χ1) is 5.15. The quantitative estimate of drug-likeness (QED) is 0.363. The van der Waals surface area contributed by atoms with Crippen molar-refractivity contribution in [2.45, 2.75) is 25.2 Å². The van der Waals surface area contributed by atoms with E-state index in [9.17, 15) is 9.59 Å². The SMILES string of the molecule is CC1OC(=O)C(C[SiH3])OC1=O. The summed E-state index contributed by atoms with van der Waals surface area (Å²) in [5.41, 5.74) is 0. The number of hydrogen-bond donors (Lipinski definition) is 0. The average molecular weight is 174 g/mol. The fourth-order valence-corrected chi connectivity index (χ4v) is 1.33. The van der Waals surface area contributed by atoms with E-state index in [1.165, 1.54) is 6.92 Å². The van der Waals surface area contributed by atoms with Crippen LogP contribution in [-0.4, -0.2) is 34.4 Å². The van der Waals surface area contributed by atoms with Crippen molar-refractivity contribution in [3.05, 3.63) is 0 Å². The highest BCUT2D eigenvalue weighted by Gasteiger charge is 2.33. The van der Waals surface area contributed by atoms with E-state index in [2.05, 4.69) is 0 Å². The van der Waals surface area contributed by atoms with Crippen LogP contribution in [0.15, 0.2) is 0 Å². The van der Waals surface area contributed by atoms with Gasteiger partial charge < -0.3 is 9.47 Å². The number of hydrogen-bond acceptors (Lipinski definition) is 4. The maximum absolute atomic E-state index is 10.9. The molecule has 2 atom stereocenters. The summed E-state index contributed by atoms with van der Waals surface area (Å²) in [4.78, 5) is 21.7. The highest BCUT2D eigenvalue weighted by Crippen LogP contribution is 2.11. The highest BCUT2D eigenvalue weighted by atomic mass is 28.1. The van der Waals surface area contributed by atoms with Gasteiger partial charge in [-0.15, -0.1) is 0 Å². The van der Waals surface area contributed by atoms with Gasteiger partial charge in [-0.2, -0.15) is 0 Å². The van der Waals surface area contributed by atoms with Gasteiger partial charge in [0.1, 0.15) is 0 Å². The molecule has 2 unspecified atom stereocenters. The summed E-state index contributed by atoms with van der Waals surface area (Å²) >= 11 is 0. The summed E-state index contributed by atoms with van der Waals surface area (Å²) < 4.78 is 9.49. The van der Waals surface area contributed by atoms with Crippen LogP contribution in [0.1, 0.15) is 6.92 Å². The predicted octanol–water partition coefficient (Wildman–Crippen LogP) is -1.37. The Kier molecular flexibility index (Phi) is 2.28. The van der Waals surface area contributed by atoms with E-state index in [4.69, 9.17) is 9.47 Å². The molecule has 1 fully saturated rings. The van der Waals surface area contributed by atoms with Crippen molar-refractivity contribution in [3.8, 4) is 0 Å². The summed E-state index contributed by atoms with van der Waals surface area (Å²) in [5, 5.41) is 0. The molecule has 0 N–H and O–H groups in total.